The Morgan fingerprint density at radius 2 is 1.21 bits per heavy atom. The highest BCUT2D eigenvalue weighted by Gasteiger charge is 2.07. The number of carbonyl (C=O) groups excluding carboxylic acids is 2. The van der Waals surface area contributed by atoms with Crippen molar-refractivity contribution in [3.05, 3.63) is 0 Å². The van der Waals surface area contributed by atoms with Gasteiger partial charge in [-0.2, -0.15) is 0 Å². The molecule has 0 amide bonds. The van der Waals surface area contributed by atoms with Crippen LogP contribution in [0.4, 0.5) is 0 Å². The molecule has 0 atom stereocenters. The zero-order valence-electron chi connectivity index (χ0n) is 8.86. The van der Waals surface area contributed by atoms with Gasteiger partial charge in [-0.1, -0.05) is 0 Å². The van der Waals surface area contributed by atoms with Gasteiger partial charge in [-0.25, -0.2) is 0 Å². The first kappa shape index (κ1) is 15.3. The number of hydrogen-bond acceptors (Lipinski definition) is 6. The predicted octanol–water partition coefficient (Wildman–Crippen LogP) is -0.0408. The standard InChI is InChI=1S/C5H8O4.C3H8O2/c1-8-4(6)3-5(7)9-2;1-4-3-5-2/h3H2,1-2H3;3H2,1-2H3. The van der Waals surface area contributed by atoms with Gasteiger partial charge < -0.3 is 18.9 Å². The Morgan fingerprint density at radius 1 is 0.857 bits per heavy atom. The largest absolute Gasteiger partial charge is 0.469 e. The lowest BCUT2D eigenvalue weighted by molar-refractivity contribution is -0.151. The first-order chi connectivity index (χ1) is 6.62. The zero-order chi connectivity index (χ0) is 11.4. The summed E-state index contributed by atoms with van der Waals surface area (Å²) in [6.45, 7) is 0.389. The molecule has 0 aromatic carbocycles. The molecule has 0 bridgehead atoms. The Labute approximate surface area is 83.1 Å². The summed E-state index contributed by atoms with van der Waals surface area (Å²) in [5, 5.41) is 0. The molecule has 6 nitrogen and oxygen atoms in total. The Hall–Kier alpha value is -1.14. The van der Waals surface area contributed by atoms with Crippen molar-refractivity contribution in [2.45, 2.75) is 6.42 Å². The van der Waals surface area contributed by atoms with Gasteiger partial charge in [-0.15, -0.1) is 0 Å². The van der Waals surface area contributed by atoms with Gasteiger partial charge in [0, 0.05) is 14.2 Å². The fraction of sp³-hybridized carbons (Fsp3) is 0.750. The lowest BCUT2D eigenvalue weighted by Gasteiger charge is -1.95. The molecule has 0 unspecified atom stereocenters. The van der Waals surface area contributed by atoms with E-state index in [0.29, 0.717) is 6.79 Å². The molecule has 0 N–H and O–H groups in total. The van der Waals surface area contributed by atoms with Crippen LogP contribution in [0.1, 0.15) is 6.42 Å². The number of ether oxygens (including phenoxy) is 4. The van der Waals surface area contributed by atoms with Crippen LogP contribution in [0.5, 0.6) is 0 Å². The molecular formula is C8H16O6. The molecule has 0 spiro atoms. The van der Waals surface area contributed by atoms with Gasteiger partial charge >= 0.3 is 11.9 Å². The Balaban J connectivity index is 0. The SMILES string of the molecule is COC(=O)CC(=O)OC.COCOC. The molecule has 0 radical (unpaired) electrons. The minimum absolute atomic E-state index is 0.312. The van der Waals surface area contributed by atoms with Crippen LogP contribution in [0.3, 0.4) is 0 Å². The number of methoxy groups -OCH3 is 4. The van der Waals surface area contributed by atoms with Crippen molar-refractivity contribution in [1.29, 1.82) is 0 Å². The van der Waals surface area contributed by atoms with Crippen LogP contribution >= 0.6 is 0 Å². The van der Waals surface area contributed by atoms with Crippen molar-refractivity contribution in [1.82, 2.24) is 0 Å². The second-order valence-electron chi connectivity index (χ2n) is 2.02. The van der Waals surface area contributed by atoms with Crippen molar-refractivity contribution < 1.29 is 28.5 Å². The number of hydrogen-bond donors (Lipinski definition) is 0. The highest BCUT2D eigenvalue weighted by atomic mass is 16.6. The van der Waals surface area contributed by atoms with E-state index >= 15 is 0 Å². The zero-order valence-corrected chi connectivity index (χ0v) is 8.86. The fourth-order valence-corrected chi connectivity index (χ4v) is 0.380. The molecule has 0 saturated carbocycles. The van der Waals surface area contributed by atoms with E-state index in [4.69, 9.17) is 0 Å². The quantitative estimate of drug-likeness (QED) is 0.367. The molecule has 0 rings (SSSR count). The maximum absolute atomic E-state index is 10.3. The van der Waals surface area contributed by atoms with Crippen molar-refractivity contribution in [2.75, 3.05) is 35.2 Å². The minimum Gasteiger partial charge on any atom is -0.469 e. The molecular weight excluding hydrogens is 192 g/mol. The predicted molar refractivity (Wildman–Crippen MR) is 47.5 cm³/mol. The van der Waals surface area contributed by atoms with E-state index in [1.54, 1.807) is 14.2 Å². The van der Waals surface area contributed by atoms with Crippen molar-refractivity contribution in [2.24, 2.45) is 0 Å². The van der Waals surface area contributed by atoms with Gasteiger partial charge in [-0.3, -0.25) is 9.59 Å². The van der Waals surface area contributed by atoms with Gasteiger partial charge in [0.25, 0.3) is 0 Å². The average molecular weight is 208 g/mol. The van der Waals surface area contributed by atoms with Crippen molar-refractivity contribution >= 4 is 11.9 Å². The number of carbonyl (C=O) groups is 2. The molecule has 0 aliphatic carbocycles. The molecule has 0 saturated heterocycles. The van der Waals surface area contributed by atoms with Gasteiger partial charge in [0.1, 0.15) is 13.2 Å². The summed E-state index contributed by atoms with van der Waals surface area (Å²) in [5.74, 6) is -1.16. The van der Waals surface area contributed by atoms with Crippen LogP contribution in [-0.2, 0) is 28.5 Å². The van der Waals surface area contributed by atoms with E-state index in [0.717, 1.165) is 0 Å². The molecule has 14 heavy (non-hydrogen) atoms. The highest BCUT2D eigenvalue weighted by Crippen LogP contribution is 1.85. The van der Waals surface area contributed by atoms with E-state index in [2.05, 4.69) is 18.9 Å². The normalized spacial score (nSPS) is 8.29. The third kappa shape index (κ3) is 13.4. The van der Waals surface area contributed by atoms with Crippen molar-refractivity contribution in [3.63, 3.8) is 0 Å². The van der Waals surface area contributed by atoms with E-state index in [9.17, 15) is 9.59 Å². The monoisotopic (exact) mass is 208 g/mol. The Morgan fingerprint density at radius 3 is 1.36 bits per heavy atom. The van der Waals surface area contributed by atoms with Crippen LogP contribution in [-0.4, -0.2) is 47.2 Å². The summed E-state index contributed by atoms with van der Waals surface area (Å²) >= 11 is 0. The maximum atomic E-state index is 10.3. The summed E-state index contributed by atoms with van der Waals surface area (Å²) in [5.41, 5.74) is 0. The number of rotatable bonds is 4. The average Bonchev–Trinajstić information content (AvgIpc) is 2.19. The molecule has 0 heterocycles. The molecule has 0 fully saturated rings. The van der Waals surface area contributed by atoms with Crippen LogP contribution in [0.15, 0.2) is 0 Å². The van der Waals surface area contributed by atoms with E-state index in [-0.39, 0.29) is 6.42 Å². The summed E-state index contributed by atoms with van der Waals surface area (Å²) in [6, 6.07) is 0. The molecule has 84 valence electrons. The third-order valence-corrected chi connectivity index (χ3v) is 0.980. The summed E-state index contributed by atoms with van der Waals surface area (Å²) in [7, 11) is 5.60. The van der Waals surface area contributed by atoms with E-state index in [1.165, 1.54) is 14.2 Å². The molecule has 0 aliphatic rings. The summed E-state index contributed by atoms with van der Waals surface area (Å²) in [6.07, 6.45) is -0.312. The van der Waals surface area contributed by atoms with E-state index < -0.39 is 11.9 Å². The van der Waals surface area contributed by atoms with Crippen LogP contribution in [0.25, 0.3) is 0 Å². The Kier molecular flexibility index (Phi) is 13.0. The minimum atomic E-state index is -0.582. The molecule has 0 aromatic heterocycles. The second kappa shape index (κ2) is 11.9. The lowest BCUT2D eigenvalue weighted by atomic mass is 10.4. The van der Waals surface area contributed by atoms with Crippen LogP contribution < -0.4 is 0 Å². The first-order valence-electron chi connectivity index (χ1n) is 3.73. The van der Waals surface area contributed by atoms with Gasteiger partial charge in [0.05, 0.1) is 14.2 Å². The van der Waals surface area contributed by atoms with E-state index in [1.807, 2.05) is 0 Å². The summed E-state index contributed by atoms with van der Waals surface area (Å²) in [4.78, 5) is 20.5. The summed E-state index contributed by atoms with van der Waals surface area (Å²) < 4.78 is 17.3. The first-order valence-corrected chi connectivity index (χ1v) is 3.73. The highest BCUT2D eigenvalue weighted by molar-refractivity contribution is 5.90. The van der Waals surface area contributed by atoms with Gasteiger partial charge in [-0.05, 0) is 0 Å². The lowest BCUT2D eigenvalue weighted by Crippen LogP contribution is -2.09. The van der Waals surface area contributed by atoms with Crippen molar-refractivity contribution in [3.8, 4) is 0 Å². The maximum Gasteiger partial charge on any atom is 0.316 e. The number of esters is 2. The smallest absolute Gasteiger partial charge is 0.316 e. The third-order valence-electron chi connectivity index (χ3n) is 0.980. The molecule has 6 heteroatoms. The topological polar surface area (TPSA) is 71.1 Å². The molecule has 0 aromatic rings. The Bertz CT molecular complexity index is 140. The van der Waals surface area contributed by atoms with Gasteiger partial charge in [0.15, 0.2) is 0 Å². The van der Waals surface area contributed by atoms with Crippen LogP contribution in [0.2, 0.25) is 0 Å². The fourth-order valence-electron chi connectivity index (χ4n) is 0.380. The van der Waals surface area contributed by atoms with Crippen LogP contribution in [0, 0.1) is 0 Å². The second-order valence-corrected chi connectivity index (χ2v) is 2.02. The molecule has 0 aliphatic heterocycles. The van der Waals surface area contributed by atoms with Gasteiger partial charge in [0.2, 0.25) is 0 Å².